The van der Waals surface area contributed by atoms with Crippen molar-refractivity contribution in [1.82, 2.24) is 4.90 Å². The van der Waals surface area contributed by atoms with E-state index in [0.29, 0.717) is 12.0 Å². The molecule has 0 radical (unpaired) electrons. The molecule has 2 nitrogen and oxygen atoms in total. The topological polar surface area (TPSA) is 20.3 Å². The molecular formula is C12H23NO. The molecule has 0 aliphatic heterocycles. The Hall–Kier alpha value is -0.630. The number of Topliss-reactive ketones (excluding diaryl/α,β-unsaturated/α-hetero) is 1. The molecule has 14 heavy (non-hydrogen) atoms. The Morgan fingerprint density at radius 1 is 1.21 bits per heavy atom. The average molecular weight is 197 g/mol. The fourth-order valence-corrected chi connectivity index (χ4v) is 1.37. The molecule has 2 heteroatoms. The van der Waals surface area contributed by atoms with Crippen LogP contribution in [0.4, 0.5) is 0 Å². The van der Waals surface area contributed by atoms with Crippen LogP contribution in [0.25, 0.3) is 0 Å². The fourth-order valence-electron chi connectivity index (χ4n) is 1.37. The lowest BCUT2D eigenvalue weighted by Crippen LogP contribution is -2.24. The molecule has 0 spiro atoms. The van der Waals surface area contributed by atoms with E-state index < -0.39 is 0 Å². The van der Waals surface area contributed by atoms with Crippen LogP contribution in [-0.2, 0) is 4.79 Å². The second kappa shape index (κ2) is 7.74. The van der Waals surface area contributed by atoms with Crippen molar-refractivity contribution in [3.05, 3.63) is 12.2 Å². The second-order valence-corrected chi connectivity index (χ2v) is 3.69. The van der Waals surface area contributed by atoms with Crippen LogP contribution in [0.15, 0.2) is 12.2 Å². The molecule has 0 rings (SSSR count). The summed E-state index contributed by atoms with van der Waals surface area (Å²) in [6, 6.07) is 0. The van der Waals surface area contributed by atoms with Crippen LogP contribution >= 0.6 is 0 Å². The summed E-state index contributed by atoms with van der Waals surface area (Å²) in [7, 11) is 0. The first kappa shape index (κ1) is 13.4. The van der Waals surface area contributed by atoms with E-state index in [2.05, 4.69) is 25.3 Å². The number of nitrogens with zero attached hydrogens (tertiary/aromatic N) is 1. The molecule has 0 amide bonds. The van der Waals surface area contributed by atoms with Gasteiger partial charge in [-0.1, -0.05) is 20.4 Å². The number of rotatable bonds is 8. The predicted molar refractivity (Wildman–Crippen MR) is 61.5 cm³/mol. The number of carbonyl (C=O) groups excluding carboxylic acids is 1. The van der Waals surface area contributed by atoms with Crippen LogP contribution in [0.3, 0.4) is 0 Å². The van der Waals surface area contributed by atoms with Crippen LogP contribution in [0.5, 0.6) is 0 Å². The highest BCUT2D eigenvalue weighted by molar-refractivity contribution is 5.93. The molecule has 0 saturated carbocycles. The summed E-state index contributed by atoms with van der Waals surface area (Å²) in [5, 5.41) is 0. The van der Waals surface area contributed by atoms with Gasteiger partial charge in [0.2, 0.25) is 0 Å². The largest absolute Gasteiger partial charge is 0.304 e. The highest BCUT2D eigenvalue weighted by atomic mass is 16.1. The maximum absolute atomic E-state index is 11.2. The molecule has 0 fully saturated rings. The Morgan fingerprint density at radius 3 is 2.21 bits per heavy atom. The van der Waals surface area contributed by atoms with Crippen molar-refractivity contribution in [3.63, 3.8) is 0 Å². The van der Waals surface area contributed by atoms with E-state index in [-0.39, 0.29) is 5.78 Å². The Morgan fingerprint density at radius 2 is 1.79 bits per heavy atom. The van der Waals surface area contributed by atoms with E-state index >= 15 is 0 Å². The third-order valence-electron chi connectivity index (χ3n) is 2.50. The average Bonchev–Trinajstić information content (AvgIpc) is 2.17. The maximum Gasteiger partial charge on any atom is 0.157 e. The van der Waals surface area contributed by atoms with Gasteiger partial charge in [-0.2, -0.15) is 0 Å². The Bertz CT molecular complexity index is 183. The summed E-state index contributed by atoms with van der Waals surface area (Å²) < 4.78 is 0. The minimum absolute atomic E-state index is 0.213. The number of ketones is 1. The zero-order valence-corrected chi connectivity index (χ0v) is 9.81. The van der Waals surface area contributed by atoms with Crippen molar-refractivity contribution in [2.75, 3.05) is 19.6 Å². The van der Waals surface area contributed by atoms with Gasteiger partial charge in [-0.05, 0) is 45.0 Å². The van der Waals surface area contributed by atoms with Crippen molar-refractivity contribution < 1.29 is 4.79 Å². The zero-order valence-electron chi connectivity index (χ0n) is 9.81. The van der Waals surface area contributed by atoms with Gasteiger partial charge in [-0.15, -0.1) is 0 Å². The van der Waals surface area contributed by atoms with Gasteiger partial charge in [-0.3, -0.25) is 4.79 Å². The number of carbonyl (C=O) groups is 1. The zero-order chi connectivity index (χ0) is 11.0. The van der Waals surface area contributed by atoms with E-state index in [0.717, 1.165) is 32.5 Å². The van der Waals surface area contributed by atoms with Gasteiger partial charge in [0.05, 0.1) is 0 Å². The van der Waals surface area contributed by atoms with Gasteiger partial charge in [0, 0.05) is 6.42 Å². The van der Waals surface area contributed by atoms with Crippen LogP contribution < -0.4 is 0 Å². The van der Waals surface area contributed by atoms with Crippen LogP contribution in [0, 0.1) is 0 Å². The highest BCUT2D eigenvalue weighted by Gasteiger charge is 2.03. The molecule has 0 unspecified atom stereocenters. The SMILES string of the molecule is C=C(C)C(=O)CCCCN(CC)CC. The van der Waals surface area contributed by atoms with Crippen molar-refractivity contribution in [3.8, 4) is 0 Å². The van der Waals surface area contributed by atoms with Gasteiger partial charge < -0.3 is 4.90 Å². The molecule has 0 N–H and O–H groups in total. The maximum atomic E-state index is 11.2. The molecule has 0 aromatic carbocycles. The van der Waals surface area contributed by atoms with E-state index in [9.17, 15) is 4.79 Å². The lowest BCUT2D eigenvalue weighted by Gasteiger charge is -2.17. The van der Waals surface area contributed by atoms with Crippen molar-refractivity contribution in [1.29, 1.82) is 0 Å². The lowest BCUT2D eigenvalue weighted by molar-refractivity contribution is -0.115. The van der Waals surface area contributed by atoms with Crippen LogP contribution in [0.2, 0.25) is 0 Å². The van der Waals surface area contributed by atoms with E-state index in [1.54, 1.807) is 6.92 Å². The third kappa shape index (κ3) is 5.92. The number of allylic oxidation sites excluding steroid dienone is 1. The van der Waals surface area contributed by atoms with Crippen molar-refractivity contribution in [2.24, 2.45) is 0 Å². The highest BCUT2D eigenvalue weighted by Crippen LogP contribution is 2.03. The van der Waals surface area contributed by atoms with E-state index in [1.807, 2.05) is 0 Å². The Labute approximate surface area is 88.0 Å². The van der Waals surface area contributed by atoms with E-state index in [1.165, 1.54) is 0 Å². The number of hydrogen-bond acceptors (Lipinski definition) is 2. The quantitative estimate of drug-likeness (QED) is 0.440. The first-order valence-electron chi connectivity index (χ1n) is 5.52. The monoisotopic (exact) mass is 197 g/mol. The predicted octanol–water partition coefficient (Wildman–Crippen LogP) is 2.64. The smallest absolute Gasteiger partial charge is 0.157 e. The number of unbranched alkanes of at least 4 members (excludes halogenated alkanes) is 1. The molecule has 82 valence electrons. The summed E-state index contributed by atoms with van der Waals surface area (Å²) in [4.78, 5) is 13.6. The molecule has 0 aliphatic rings. The summed E-state index contributed by atoms with van der Waals surface area (Å²) in [6.07, 6.45) is 2.76. The van der Waals surface area contributed by atoms with Gasteiger partial charge in [0.25, 0.3) is 0 Å². The summed E-state index contributed by atoms with van der Waals surface area (Å²) in [6.45, 7) is 13.1. The third-order valence-corrected chi connectivity index (χ3v) is 2.50. The van der Waals surface area contributed by atoms with Crippen LogP contribution in [-0.4, -0.2) is 30.3 Å². The number of hydrogen-bond donors (Lipinski definition) is 0. The summed E-state index contributed by atoms with van der Waals surface area (Å²) in [5.74, 6) is 0.213. The van der Waals surface area contributed by atoms with Crippen molar-refractivity contribution in [2.45, 2.75) is 40.0 Å². The van der Waals surface area contributed by atoms with Crippen LogP contribution in [0.1, 0.15) is 40.0 Å². The minimum Gasteiger partial charge on any atom is -0.304 e. The van der Waals surface area contributed by atoms with Gasteiger partial charge in [-0.25, -0.2) is 0 Å². The lowest BCUT2D eigenvalue weighted by atomic mass is 10.1. The molecule has 0 aliphatic carbocycles. The normalized spacial score (nSPS) is 10.6. The first-order chi connectivity index (χ1) is 6.61. The first-order valence-corrected chi connectivity index (χ1v) is 5.52. The van der Waals surface area contributed by atoms with E-state index in [4.69, 9.17) is 0 Å². The molecule has 0 saturated heterocycles. The fraction of sp³-hybridized carbons (Fsp3) is 0.750. The summed E-state index contributed by atoms with van der Waals surface area (Å²) in [5.41, 5.74) is 0.688. The molecule has 0 heterocycles. The minimum atomic E-state index is 0.213. The molecule has 0 aromatic rings. The Kier molecular flexibility index (Phi) is 7.40. The second-order valence-electron chi connectivity index (χ2n) is 3.69. The summed E-state index contributed by atoms with van der Waals surface area (Å²) >= 11 is 0. The molecule has 0 atom stereocenters. The standard InChI is InChI=1S/C12H23NO/c1-5-13(6-2)10-8-7-9-12(14)11(3)4/h3,5-10H2,1-2,4H3. The molecule has 0 bridgehead atoms. The Balaban J connectivity index is 3.46. The van der Waals surface area contributed by atoms with Gasteiger partial charge in [0.1, 0.15) is 0 Å². The van der Waals surface area contributed by atoms with Crippen molar-refractivity contribution >= 4 is 5.78 Å². The van der Waals surface area contributed by atoms with Gasteiger partial charge in [0.15, 0.2) is 5.78 Å². The molecule has 0 aromatic heterocycles. The van der Waals surface area contributed by atoms with Gasteiger partial charge >= 0.3 is 0 Å². The molecular weight excluding hydrogens is 174 g/mol.